The predicted molar refractivity (Wildman–Crippen MR) is 98.1 cm³/mol. The zero-order valence-corrected chi connectivity index (χ0v) is 14.2. The number of carbonyl (C=O) groups is 1. The number of aryl methyl sites for hydroxylation is 1. The lowest BCUT2D eigenvalue weighted by Crippen LogP contribution is -2.05. The van der Waals surface area contributed by atoms with Gasteiger partial charge in [-0.15, -0.1) is 5.10 Å². The lowest BCUT2D eigenvalue weighted by Gasteiger charge is -2.05. The van der Waals surface area contributed by atoms with Crippen LogP contribution < -0.4 is 0 Å². The van der Waals surface area contributed by atoms with E-state index in [9.17, 15) is 4.79 Å². The number of fused-ring (bicyclic) bond motifs is 3. The molecule has 0 aliphatic carbocycles. The van der Waals surface area contributed by atoms with Crippen LogP contribution in [0.5, 0.6) is 0 Å². The predicted octanol–water partition coefficient (Wildman–Crippen LogP) is 3.28. The molecule has 0 spiro atoms. The van der Waals surface area contributed by atoms with Crippen LogP contribution in [-0.2, 0) is 17.6 Å². The number of carboxylic acids is 1. The average molecular weight is 346 g/mol. The van der Waals surface area contributed by atoms with Crippen LogP contribution in [-0.4, -0.2) is 30.7 Å². The van der Waals surface area contributed by atoms with Crippen LogP contribution in [0.3, 0.4) is 0 Å². The summed E-state index contributed by atoms with van der Waals surface area (Å²) in [6, 6.07) is 17.9. The van der Waals surface area contributed by atoms with Gasteiger partial charge in [-0.25, -0.2) is 9.97 Å². The number of rotatable bonds is 6. The third kappa shape index (κ3) is 3.26. The summed E-state index contributed by atoms with van der Waals surface area (Å²) in [5.41, 5.74) is 2.77. The fraction of sp³-hybridized carbons (Fsp3) is 0.200. The number of para-hydroxylation sites is 1. The molecule has 1 N–H and O–H groups in total. The Kier molecular flexibility index (Phi) is 4.31. The van der Waals surface area contributed by atoms with E-state index in [2.05, 4.69) is 22.2 Å². The number of aliphatic carboxylic acids is 1. The summed E-state index contributed by atoms with van der Waals surface area (Å²) in [6.45, 7) is 0. The first-order chi connectivity index (χ1) is 12.7. The number of hydrogen-bond acceptors (Lipinski definition) is 4. The monoisotopic (exact) mass is 346 g/mol. The molecule has 0 aliphatic heterocycles. The minimum absolute atomic E-state index is 0.113. The molecule has 0 saturated heterocycles. The first kappa shape index (κ1) is 16.2. The third-order valence-corrected chi connectivity index (χ3v) is 4.29. The smallest absolute Gasteiger partial charge is 0.303 e. The molecule has 2 aromatic carbocycles. The van der Waals surface area contributed by atoms with Crippen molar-refractivity contribution in [2.24, 2.45) is 0 Å². The molecule has 0 aliphatic rings. The van der Waals surface area contributed by atoms with E-state index in [1.54, 1.807) is 4.52 Å². The van der Waals surface area contributed by atoms with Crippen molar-refractivity contribution in [2.75, 3.05) is 0 Å². The van der Waals surface area contributed by atoms with Crippen LogP contribution in [0.25, 0.3) is 16.6 Å². The molecule has 0 atom stereocenters. The maximum absolute atomic E-state index is 10.8. The molecule has 6 nitrogen and oxygen atoms in total. The second-order valence-electron chi connectivity index (χ2n) is 6.22. The zero-order valence-electron chi connectivity index (χ0n) is 14.2. The topological polar surface area (TPSA) is 80.4 Å². The Bertz CT molecular complexity index is 1070. The SMILES string of the molecule is O=C(O)CCCc1nc2ccccc2c2nc(Cc3ccccc3)nn12. The lowest BCUT2D eigenvalue weighted by molar-refractivity contribution is -0.137. The van der Waals surface area contributed by atoms with Crippen molar-refractivity contribution >= 4 is 22.5 Å². The molecule has 0 bridgehead atoms. The van der Waals surface area contributed by atoms with Gasteiger partial charge in [-0.3, -0.25) is 4.79 Å². The van der Waals surface area contributed by atoms with Crippen LogP contribution >= 0.6 is 0 Å². The van der Waals surface area contributed by atoms with E-state index in [4.69, 9.17) is 10.1 Å². The van der Waals surface area contributed by atoms with Gasteiger partial charge in [-0.05, 0) is 24.1 Å². The Balaban J connectivity index is 1.77. The number of nitrogens with zero attached hydrogens (tertiary/aromatic N) is 4. The van der Waals surface area contributed by atoms with Crippen molar-refractivity contribution < 1.29 is 9.90 Å². The van der Waals surface area contributed by atoms with Crippen molar-refractivity contribution in [2.45, 2.75) is 25.7 Å². The molecule has 6 heteroatoms. The van der Waals surface area contributed by atoms with E-state index in [1.165, 1.54) is 0 Å². The molecule has 0 amide bonds. The quantitative estimate of drug-likeness (QED) is 0.579. The molecule has 0 radical (unpaired) electrons. The van der Waals surface area contributed by atoms with Crippen LogP contribution in [0, 0.1) is 0 Å². The first-order valence-corrected chi connectivity index (χ1v) is 8.60. The molecule has 4 rings (SSSR count). The molecule has 4 aromatic rings. The Labute approximate surface area is 150 Å². The number of hydrogen-bond donors (Lipinski definition) is 1. The Hall–Kier alpha value is -3.28. The Morgan fingerprint density at radius 3 is 2.58 bits per heavy atom. The first-order valence-electron chi connectivity index (χ1n) is 8.60. The van der Waals surface area contributed by atoms with E-state index >= 15 is 0 Å². The number of carboxylic acid groups (broad SMARTS) is 1. The lowest BCUT2D eigenvalue weighted by atomic mass is 10.1. The van der Waals surface area contributed by atoms with Gasteiger partial charge in [-0.1, -0.05) is 42.5 Å². The van der Waals surface area contributed by atoms with Gasteiger partial charge in [0.25, 0.3) is 0 Å². The standard InChI is InChI=1S/C20H18N4O2/c25-19(26)12-6-11-18-21-16-10-5-4-9-15(16)20-22-17(23-24(18)20)13-14-7-2-1-3-8-14/h1-5,7-10H,6,11-13H2,(H,25,26). The normalized spacial score (nSPS) is 11.2. The minimum atomic E-state index is -0.801. The van der Waals surface area contributed by atoms with E-state index in [1.807, 2.05) is 42.5 Å². The largest absolute Gasteiger partial charge is 0.481 e. The van der Waals surface area contributed by atoms with Gasteiger partial charge in [0.15, 0.2) is 11.5 Å². The Morgan fingerprint density at radius 1 is 1.00 bits per heavy atom. The van der Waals surface area contributed by atoms with Crippen LogP contribution in [0.1, 0.15) is 30.1 Å². The Morgan fingerprint density at radius 2 is 1.77 bits per heavy atom. The minimum Gasteiger partial charge on any atom is -0.481 e. The van der Waals surface area contributed by atoms with E-state index in [0.717, 1.165) is 33.8 Å². The summed E-state index contributed by atoms with van der Waals surface area (Å²) in [4.78, 5) is 20.2. The summed E-state index contributed by atoms with van der Waals surface area (Å²) in [6.07, 6.45) is 1.82. The summed E-state index contributed by atoms with van der Waals surface area (Å²) >= 11 is 0. The van der Waals surface area contributed by atoms with Crippen LogP contribution in [0.4, 0.5) is 0 Å². The maximum atomic E-state index is 10.8. The van der Waals surface area contributed by atoms with Gasteiger partial charge in [0.2, 0.25) is 0 Å². The summed E-state index contributed by atoms with van der Waals surface area (Å²) in [7, 11) is 0. The molecule has 2 aromatic heterocycles. The highest BCUT2D eigenvalue weighted by molar-refractivity contribution is 5.91. The van der Waals surface area contributed by atoms with Crippen molar-refractivity contribution in [1.82, 2.24) is 19.6 Å². The van der Waals surface area contributed by atoms with Crippen molar-refractivity contribution in [3.8, 4) is 0 Å². The van der Waals surface area contributed by atoms with Gasteiger partial charge in [-0.2, -0.15) is 4.52 Å². The van der Waals surface area contributed by atoms with E-state index < -0.39 is 5.97 Å². The summed E-state index contributed by atoms with van der Waals surface area (Å²) in [5, 5.41) is 14.5. The van der Waals surface area contributed by atoms with E-state index in [0.29, 0.717) is 19.3 Å². The maximum Gasteiger partial charge on any atom is 0.303 e. The fourth-order valence-electron chi connectivity index (χ4n) is 3.07. The molecule has 2 heterocycles. The van der Waals surface area contributed by atoms with Gasteiger partial charge in [0.1, 0.15) is 5.82 Å². The van der Waals surface area contributed by atoms with Crippen molar-refractivity contribution in [3.63, 3.8) is 0 Å². The third-order valence-electron chi connectivity index (χ3n) is 4.29. The summed E-state index contributed by atoms with van der Waals surface area (Å²) < 4.78 is 1.77. The van der Waals surface area contributed by atoms with Crippen LogP contribution in [0.2, 0.25) is 0 Å². The molecule has 0 saturated carbocycles. The second kappa shape index (κ2) is 6.92. The van der Waals surface area contributed by atoms with Gasteiger partial charge in [0.05, 0.1) is 5.52 Å². The molecule has 0 fully saturated rings. The summed E-state index contributed by atoms with van der Waals surface area (Å²) in [5.74, 6) is 0.672. The molecule has 130 valence electrons. The fourth-order valence-corrected chi connectivity index (χ4v) is 3.07. The number of benzene rings is 2. The zero-order chi connectivity index (χ0) is 17.9. The second-order valence-corrected chi connectivity index (χ2v) is 6.22. The highest BCUT2D eigenvalue weighted by atomic mass is 16.4. The number of aromatic nitrogens is 4. The molecule has 26 heavy (non-hydrogen) atoms. The van der Waals surface area contributed by atoms with Gasteiger partial charge >= 0.3 is 5.97 Å². The van der Waals surface area contributed by atoms with E-state index in [-0.39, 0.29) is 6.42 Å². The molecule has 0 unspecified atom stereocenters. The molecular formula is C20H18N4O2. The molecular weight excluding hydrogens is 328 g/mol. The van der Waals surface area contributed by atoms with Crippen molar-refractivity contribution in [1.29, 1.82) is 0 Å². The van der Waals surface area contributed by atoms with Crippen molar-refractivity contribution in [3.05, 3.63) is 71.8 Å². The van der Waals surface area contributed by atoms with Gasteiger partial charge < -0.3 is 5.11 Å². The average Bonchev–Trinajstić information content (AvgIpc) is 3.06. The van der Waals surface area contributed by atoms with Crippen LogP contribution in [0.15, 0.2) is 54.6 Å². The van der Waals surface area contributed by atoms with Gasteiger partial charge in [0, 0.05) is 24.6 Å². The highest BCUT2D eigenvalue weighted by Gasteiger charge is 2.14. The highest BCUT2D eigenvalue weighted by Crippen LogP contribution is 2.20.